The molecule has 1 unspecified atom stereocenters. The molecule has 0 bridgehead atoms. The van der Waals surface area contributed by atoms with Gasteiger partial charge in [-0.05, 0) is 36.6 Å². The molecule has 3 aromatic rings. The van der Waals surface area contributed by atoms with Gasteiger partial charge in [0.15, 0.2) is 0 Å². The van der Waals surface area contributed by atoms with Crippen molar-refractivity contribution in [1.29, 1.82) is 0 Å². The molecule has 4 N–H and O–H groups in total. The minimum Gasteiger partial charge on any atom is -0.374 e. The van der Waals surface area contributed by atoms with E-state index in [0.717, 1.165) is 16.1 Å². The summed E-state index contributed by atoms with van der Waals surface area (Å²) >= 11 is 1.61. The summed E-state index contributed by atoms with van der Waals surface area (Å²) in [5, 5.41) is 8.00. The van der Waals surface area contributed by atoms with Gasteiger partial charge in [-0.15, -0.1) is 11.3 Å². The molecule has 0 aliphatic carbocycles. The van der Waals surface area contributed by atoms with Crippen LogP contribution in [0.4, 0.5) is 5.69 Å². The number of rotatable bonds is 5. The highest BCUT2D eigenvalue weighted by Gasteiger charge is 2.12. The zero-order valence-corrected chi connectivity index (χ0v) is 12.8. The van der Waals surface area contributed by atoms with Gasteiger partial charge in [0.2, 0.25) is 5.91 Å². The molecule has 2 aromatic heterocycles. The molecule has 6 nitrogen and oxygen atoms in total. The Morgan fingerprint density at radius 2 is 2.09 bits per heavy atom. The molecule has 1 atom stereocenters. The number of aromatic nitrogens is 2. The SMILES string of the molecule is CC(Nc1ccc2[nH]c(=O)[nH]c2c1)C(=O)NCc1cccs1. The van der Waals surface area contributed by atoms with Crippen molar-refractivity contribution in [1.82, 2.24) is 15.3 Å². The van der Waals surface area contributed by atoms with Crippen LogP contribution >= 0.6 is 11.3 Å². The summed E-state index contributed by atoms with van der Waals surface area (Å²) in [4.78, 5) is 29.8. The van der Waals surface area contributed by atoms with Crippen molar-refractivity contribution in [3.8, 4) is 0 Å². The minimum absolute atomic E-state index is 0.0731. The number of hydrogen-bond donors (Lipinski definition) is 4. The van der Waals surface area contributed by atoms with Gasteiger partial charge < -0.3 is 20.6 Å². The van der Waals surface area contributed by atoms with Crippen LogP contribution in [-0.4, -0.2) is 21.9 Å². The number of hydrogen-bond acceptors (Lipinski definition) is 4. The number of imidazole rings is 1. The summed E-state index contributed by atoms with van der Waals surface area (Å²) < 4.78 is 0. The standard InChI is InChI=1S/C15H16N4O2S/c1-9(14(20)16-8-11-3-2-6-22-11)17-10-4-5-12-13(7-10)19-15(21)18-12/h2-7,9,17H,8H2,1H3,(H,16,20)(H2,18,19,21). The van der Waals surface area contributed by atoms with E-state index in [1.807, 2.05) is 23.6 Å². The van der Waals surface area contributed by atoms with Crippen LogP contribution in [0.3, 0.4) is 0 Å². The average Bonchev–Trinajstić information content (AvgIpc) is 3.12. The number of carbonyl (C=O) groups excluding carboxylic acids is 1. The van der Waals surface area contributed by atoms with Crippen LogP contribution in [0.15, 0.2) is 40.5 Å². The predicted octanol–water partition coefficient (Wildman–Crippen LogP) is 2.03. The first-order chi connectivity index (χ1) is 10.6. The lowest BCUT2D eigenvalue weighted by Crippen LogP contribution is -2.37. The van der Waals surface area contributed by atoms with Gasteiger partial charge in [-0.2, -0.15) is 0 Å². The summed E-state index contributed by atoms with van der Waals surface area (Å²) in [5.41, 5.74) is 1.99. The van der Waals surface area contributed by atoms with Gasteiger partial charge in [0.05, 0.1) is 17.6 Å². The maximum Gasteiger partial charge on any atom is 0.323 e. The number of anilines is 1. The van der Waals surface area contributed by atoms with Crippen molar-refractivity contribution in [3.05, 3.63) is 51.1 Å². The Kier molecular flexibility index (Phi) is 3.97. The molecule has 114 valence electrons. The molecule has 0 saturated carbocycles. The smallest absolute Gasteiger partial charge is 0.323 e. The molecule has 7 heteroatoms. The average molecular weight is 316 g/mol. The highest BCUT2D eigenvalue weighted by atomic mass is 32.1. The van der Waals surface area contributed by atoms with Crippen LogP contribution in [0.5, 0.6) is 0 Å². The van der Waals surface area contributed by atoms with Gasteiger partial charge in [-0.1, -0.05) is 6.07 Å². The zero-order chi connectivity index (χ0) is 15.5. The number of fused-ring (bicyclic) bond motifs is 1. The van der Waals surface area contributed by atoms with E-state index in [2.05, 4.69) is 20.6 Å². The van der Waals surface area contributed by atoms with E-state index in [0.29, 0.717) is 12.1 Å². The Bertz CT molecular complexity index is 835. The second-order valence-electron chi connectivity index (χ2n) is 5.00. The molecular weight excluding hydrogens is 300 g/mol. The number of aromatic amines is 2. The summed E-state index contributed by atoms with van der Waals surface area (Å²) in [6.07, 6.45) is 0. The number of amides is 1. The Labute approximate surface area is 130 Å². The molecule has 0 spiro atoms. The molecule has 22 heavy (non-hydrogen) atoms. The van der Waals surface area contributed by atoms with Crippen LogP contribution in [0, 0.1) is 0 Å². The fourth-order valence-corrected chi connectivity index (χ4v) is 2.82. The number of H-pyrrole nitrogens is 2. The van der Waals surface area contributed by atoms with E-state index in [9.17, 15) is 9.59 Å². The molecule has 2 heterocycles. The quantitative estimate of drug-likeness (QED) is 0.580. The fourth-order valence-electron chi connectivity index (χ4n) is 2.18. The van der Waals surface area contributed by atoms with E-state index in [1.165, 1.54) is 0 Å². The molecule has 0 aliphatic rings. The molecule has 3 rings (SSSR count). The van der Waals surface area contributed by atoms with Gasteiger partial charge in [0, 0.05) is 10.6 Å². The van der Waals surface area contributed by atoms with Gasteiger partial charge in [-0.25, -0.2) is 4.79 Å². The molecule has 0 aliphatic heterocycles. The van der Waals surface area contributed by atoms with Gasteiger partial charge in [-0.3, -0.25) is 4.79 Å². The molecule has 1 amide bonds. The lowest BCUT2D eigenvalue weighted by atomic mass is 10.2. The number of nitrogens with one attached hydrogen (secondary N) is 4. The molecule has 1 aromatic carbocycles. The van der Waals surface area contributed by atoms with Crippen molar-refractivity contribution in [2.45, 2.75) is 19.5 Å². The first-order valence-corrected chi connectivity index (χ1v) is 7.78. The maximum atomic E-state index is 12.1. The first kappa shape index (κ1) is 14.4. The topological polar surface area (TPSA) is 89.8 Å². The number of benzene rings is 1. The van der Waals surface area contributed by atoms with Crippen molar-refractivity contribution in [2.75, 3.05) is 5.32 Å². The van der Waals surface area contributed by atoms with E-state index in [-0.39, 0.29) is 17.6 Å². The van der Waals surface area contributed by atoms with Gasteiger partial charge in [0.25, 0.3) is 0 Å². The Morgan fingerprint density at radius 3 is 2.86 bits per heavy atom. The normalized spacial score (nSPS) is 12.2. The van der Waals surface area contributed by atoms with Gasteiger partial charge in [0.1, 0.15) is 6.04 Å². The van der Waals surface area contributed by atoms with Crippen molar-refractivity contribution in [2.24, 2.45) is 0 Å². The third-order valence-electron chi connectivity index (χ3n) is 3.31. The molecular formula is C15H16N4O2S. The predicted molar refractivity (Wildman–Crippen MR) is 88.2 cm³/mol. The van der Waals surface area contributed by atoms with Crippen LogP contribution < -0.4 is 16.3 Å². The summed E-state index contributed by atoms with van der Waals surface area (Å²) in [5.74, 6) is -0.0731. The highest BCUT2D eigenvalue weighted by Crippen LogP contribution is 2.15. The van der Waals surface area contributed by atoms with Gasteiger partial charge >= 0.3 is 5.69 Å². The monoisotopic (exact) mass is 316 g/mol. The van der Waals surface area contributed by atoms with E-state index < -0.39 is 0 Å². The summed E-state index contributed by atoms with van der Waals surface area (Å²) in [6.45, 7) is 2.33. The maximum absolute atomic E-state index is 12.1. The lowest BCUT2D eigenvalue weighted by molar-refractivity contribution is -0.121. The van der Waals surface area contributed by atoms with Crippen molar-refractivity contribution < 1.29 is 4.79 Å². The van der Waals surface area contributed by atoms with Crippen LogP contribution in [-0.2, 0) is 11.3 Å². The van der Waals surface area contributed by atoms with Crippen molar-refractivity contribution >= 4 is 34.0 Å². The van der Waals surface area contributed by atoms with E-state index in [1.54, 1.807) is 30.4 Å². The summed E-state index contributed by atoms with van der Waals surface area (Å²) in [7, 11) is 0. The Balaban J connectivity index is 1.62. The van der Waals surface area contributed by atoms with E-state index in [4.69, 9.17) is 0 Å². The molecule has 0 fully saturated rings. The number of thiophene rings is 1. The second kappa shape index (κ2) is 6.07. The first-order valence-electron chi connectivity index (χ1n) is 6.90. The fraction of sp³-hybridized carbons (Fsp3) is 0.200. The third kappa shape index (κ3) is 3.20. The second-order valence-corrected chi connectivity index (χ2v) is 6.03. The largest absolute Gasteiger partial charge is 0.374 e. The Hall–Kier alpha value is -2.54. The minimum atomic E-state index is -0.372. The van der Waals surface area contributed by atoms with E-state index >= 15 is 0 Å². The Morgan fingerprint density at radius 1 is 1.27 bits per heavy atom. The molecule has 0 saturated heterocycles. The van der Waals surface area contributed by atoms with Crippen LogP contribution in [0.1, 0.15) is 11.8 Å². The summed E-state index contributed by atoms with van der Waals surface area (Å²) in [6, 6.07) is 9.00. The van der Waals surface area contributed by atoms with Crippen LogP contribution in [0.2, 0.25) is 0 Å². The molecule has 0 radical (unpaired) electrons. The van der Waals surface area contributed by atoms with Crippen LogP contribution in [0.25, 0.3) is 11.0 Å². The zero-order valence-electron chi connectivity index (χ0n) is 12.0. The third-order valence-corrected chi connectivity index (χ3v) is 4.19. The number of carbonyl (C=O) groups is 1. The highest BCUT2D eigenvalue weighted by molar-refractivity contribution is 7.09. The van der Waals surface area contributed by atoms with Crippen molar-refractivity contribution in [3.63, 3.8) is 0 Å². The lowest BCUT2D eigenvalue weighted by Gasteiger charge is -2.15.